The van der Waals surface area contributed by atoms with Gasteiger partial charge in [-0.1, -0.05) is 0 Å². The molecule has 0 atom stereocenters. The minimum Gasteiger partial charge on any atom is -0.384 e. The van der Waals surface area contributed by atoms with E-state index in [9.17, 15) is 12.8 Å². The maximum absolute atomic E-state index is 13.3. The number of nitrogens with two attached hydrogens (primary N) is 1. The number of nitrogens with zero attached hydrogens (tertiary/aromatic N) is 1. The van der Waals surface area contributed by atoms with Crippen LogP contribution in [0.4, 0.5) is 15.9 Å². The quantitative estimate of drug-likeness (QED) is 0.894. The first kappa shape index (κ1) is 13.8. The van der Waals surface area contributed by atoms with E-state index in [0.717, 1.165) is 6.07 Å². The van der Waals surface area contributed by atoms with Crippen LogP contribution in [-0.2, 0) is 10.0 Å². The lowest BCUT2D eigenvalue weighted by atomic mass is 10.3. The molecule has 0 aliphatic heterocycles. The highest BCUT2D eigenvalue weighted by Gasteiger charge is 2.15. The Morgan fingerprint density at radius 1 is 1.26 bits per heavy atom. The Hall–Kier alpha value is -1.67. The third-order valence-electron chi connectivity index (χ3n) is 2.23. The average molecular weight is 346 g/mol. The Morgan fingerprint density at radius 3 is 2.63 bits per heavy atom. The van der Waals surface area contributed by atoms with Gasteiger partial charge in [0.1, 0.15) is 11.6 Å². The van der Waals surface area contributed by atoms with E-state index in [2.05, 4.69) is 25.6 Å². The number of anilines is 2. The van der Waals surface area contributed by atoms with Gasteiger partial charge in [-0.05, 0) is 40.2 Å². The first-order valence-electron chi connectivity index (χ1n) is 5.08. The van der Waals surface area contributed by atoms with E-state index in [4.69, 9.17) is 5.73 Å². The number of hydrogen-bond acceptors (Lipinski definition) is 4. The van der Waals surface area contributed by atoms with Crippen molar-refractivity contribution < 1.29 is 12.8 Å². The summed E-state index contributed by atoms with van der Waals surface area (Å²) in [7, 11) is -3.82. The zero-order valence-electron chi connectivity index (χ0n) is 9.47. The van der Waals surface area contributed by atoms with Gasteiger partial charge in [0, 0.05) is 12.3 Å². The fourth-order valence-corrected chi connectivity index (χ4v) is 2.69. The molecule has 0 amide bonds. The van der Waals surface area contributed by atoms with Crippen LogP contribution in [0.1, 0.15) is 0 Å². The van der Waals surface area contributed by atoms with Gasteiger partial charge in [0.25, 0.3) is 10.0 Å². The van der Waals surface area contributed by atoms with E-state index < -0.39 is 15.8 Å². The first-order chi connectivity index (χ1) is 8.88. The fourth-order valence-electron chi connectivity index (χ4n) is 1.37. The van der Waals surface area contributed by atoms with E-state index in [1.54, 1.807) is 0 Å². The predicted molar refractivity (Wildman–Crippen MR) is 73.6 cm³/mol. The zero-order valence-corrected chi connectivity index (χ0v) is 11.9. The molecule has 2 aromatic rings. The molecule has 0 bridgehead atoms. The Kier molecular flexibility index (Phi) is 3.72. The standard InChI is InChI=1S/C11H9BrFN3O2S/c12-9-2-1-7(5-10(9)13)16-19(17,18)8-3-4-15-11(14)6-8/h1-6,16H,(H2,14,15). The highest BCUT2D eigenvalue weighted by molar-refractivity contribution is 9.10. The smallest absolute Gasteiger partial charge is 0.262 e. The second kappa shape index (κ2) is 5.14. The summed E-state index contributed by atoms with van der Waals surface area (Å²) in [4.78, 5) is 3.67. The molecule has 5 nitrogen and oxygen atoms in total. The number of rotatable bonds is 3. The normalized spacial score (nSPS) is 11.3. The van der Waals surface area contributed by atoms with Gasteiger partial charge in [-0.2, -0.15) is 0 Å². The average Bonchev–Trinajstić information content (AvgIpc) is 2.33. The molecule has 0 spiro atoms. The highest BCUT2D eigenvalue weighted by atomic mass is 79.9. The molecule has 0 aliphatic rings. The van der Waals surface area contributed by atoms with Gasteiger partial charge in [0.2, 0.25) is 0 Å². The van der Waals surface area contributed by atoms with Crippen molar-refractivity contribution in [3.8, 4) is 0 Å². The van der Waals surface area contributed by atoms with Crippen LogP contribution in [0.3, 0.4) is 0 Å². The number of benzene rings is 1. The summed E-state index contributed by atoms with van der Waals surface area (Å²) < 4.78 is 39.9. The maximum Gasteiger partial charge on any atom is 0.262 e. The summed E-state index contributed by atoms with van der Waals surface area (Å²) in [6, 6.07) is 6.45. The molecule has 19 heavy (non-hydrogen) atoms. The summed E-state index contributed by atoms with van der Waals surface area (Å²) >= 11 is 2.99. The van der Waals surface area contributed by atoms with Gasteiger partial charge in [-0.25, -0.2) is 17.8 Å². The molecular weight excluding hydrogens is 337 g/mol. The lowest BCUT2D eigenvalue weighted by molar-refractivity contribution is 0.601. The summed E-state index contributed by atoms with van der Waals surface area (Å²) in [5, 5.41) is 0. The van der Waals surface area contributed by atoms with E-state index >= 15 is 0 Å². The molecular formula is C11H9BrFN3O2S. The molecule has 1 aromatic carbocycles. The molecule has 0 fully saturated rings. The molecule has 0 unspecified atom stereocenters. The zero-order chi connectivity index (χ0) is 14.0. The van der Waals surface area contributed by atoms with E-state index in [0.29, 0.717) is 0 Å². The molecule has 3 N–H and O–H groups in total. The van der Waals surface area contributed by atoms with Crippen LogP contribution in [-0.4, -0.2) is 13.4 Å². The molecule has 8 heteroatoms. The summed E-state index contributed by atoms with van der Waals surface area (Å²) in [5.41, 5.74) is 5.54. The second-order valence-corrected chi connectivity index (χ2v) is 6.19. The van der Waals surface area contributed by atoms with Gasteiger partial charge in [0.05, 0.1) is 15.1 Å². The largest absolute Gasteiger partial charge is 0.384 e. The van der Waals surface area contributed by atoms with Crippen molar-refractivity contribution in [3.63, 3.8) is 0 Å². The Labute approximate surface area is 117 Å². The molecule has 1 heterocycles. The lowest BCUT2D eigenvalue weighted by Gasteiger charge is -2.08. The van der Waals surface area contributed by atoms with Gasteiger partial charge in [0.15, 0.2) is 0 Å². The number of nitrogen functional groups attached to an aromatic ring is 1. The van der Waals surface area contributed by atoms with Crippen LogP contribution in [0.25, 0.3) is 0 Å². The van der Waals surface area contributed by atoms with E-state index in [1.807, 2.05) is 0 Å². The van der Waals surface area contributed by atoms with Crippen molar-refractivity contribution in [1.29, 1.82) is 0 Å². The van der Waals surface area contributed by atoms with Crippen molar-refractivity contribution in [2.24, 2.45) is 0 Å². The molecule has 0 radical (unpaired) electrons. The highest BCUT2D eigenvalue weighted by Crippen LogP contribution is 2.22. The van der Waals surface area contributed by atoms with Crippen molar-refractivity contribution in [3.05, 3.63) is 46.8 Å². The van der Waals surface area contributed by atoms with Crippen molar-refractivity contribution in [2.45, 2.75) is 4.90 Å². The SMILES string of the molecule is Nc1cc(S(=O)(=O)Nc2ccc(Br)c(F)c2)ccn1. The van der Waals surface area contributed by atoms with Crippen LogP contribution >= 0.6 is 15.9 Å². The number of halogens is 2. The van der Waals surface area contributed by atoms with Crippen LogP contribution in [0, 0.1) is 5.82 Å². The van der Waals surface area contributed by atoms with Crippen molar-refractivity contribution >= 4 is 37.5 Å². The van der Waals surface area contributed by atoms with Gasteiger partial charge in [-0.3, -0.25) is 4.72 Å². The molecule has 2 rings (SSSR count). The molecule has 100 valence electrons. The third kappa shape index (κ3) is 3.21. The van der Waals surface area contributed by atoms with Crippen molar-refractivity contribution in [1.82, 2.24) is 4.98 Å². The number of nitrogens with one attached hydrogen (secondary N) is 1. The summed E-state index contributed by atoms with van der Waals surface area (Å²) in [6.45, 7) is 0. The van der Waals surface area contributed by atoms with Crippen LogP contribution in [0.5, 0.6) is 0 Å². The Bertz CT molecular complexity index is 722. The maximum atomic E-state index is 13.3. The Morgan fingerprint density at radius 2 is 2.00 bits per heavy atom. The number of pyridine rings is 1. The second-order valence-electron chi connectivity index (χ2n) is 3.65. The third-order valence-corrected chi connectivity index (χ3v) is 4.26. The summed E-state index contributed by atoms with van der Waals surface area (Å²) in [5.74, 6) is -0.473. The van der Waals surface area contributed by atoms with E-state index in [-0.39, 0.29) is 20.9 Å². The van der Waals surface area contributed by atoms with E-state index in [1.165, 1.54) is 30.5 Å². The molecule has 1 aromatic heterocycles. The minimum atomic E-state index is -3.82. The van der Waals surface area contributed by atoms with Crippen molar-refractivity contribution in [2.75, 3.05) is 10.5 Å². The summed E-state index contributed by atoms with van der Waals surface area (Å²) in [6.07, 6.45) is 1.28. The van der Waals surface area contributed by atoms with Gasteiger partial charge in [-0.15, -0.1) is 0 Å². The number of hydrogen-bond donors (Lipinski definition) is 2. The van der Waals surface area contributed by atoms with Gasteiger partial charge >= 0.3 is 0 Å². The van der Waals surface area contributed by atoms with Gasteiger partial charge < -0.3 is 5.73 Å². The lowest BCUT2D eigenvalue weighted by Crippen LogP contribution is -2.13. The topological polar surface area (TPSA) is 85.1 Å². The van der Waals surface area contributed by atoms with Crippen LogP contribution in [0.2, 0.25) is 0 Å². The van der Waals surface area contributed by atoms with Crippen LogP contribution in [0.15, 0.2) is 45.9 Å². The Balaban J connectivity index is 2.33. The molecule has 0 saturated heterocycles. The molecule has 0 saturated carbocycles. The number of sulfonamides is 1. The monoisotopic (exact) mass is 345 g/mol. The molecule has 0 aliphatic carbocycles. The van der Waals surface area contributed by atoms with Crippen LogP contribution < -0.4 is 10.5 Å². The number of aromatic nitrogens is 1. The minimum absolute atomic E-state index is 0.0386. The fraction of sp³-hybridized carbons (Fsp3) is 0. The predicted octanol–water partition coefficient (Wildman–Crippen LogP) is 2.37. The first-order valence-corrected chi connectivity index (χ1v) is 7.35.